The zero-order valence-electron chi connectivity index (χ0n) is 9.25. The number of rotatable bonds is 4. The maximum Gasteiger partial charge on any atom is 0.222 e. The summed E-state index contributed by atoms with van der Waals surface area (Å²) in [6, 6.07) is 1.89. The number of nitrogens with one attached hydrogen (secondary N) is 2. The summed E-state index contributed by atoms with van der Waals surface area (Å²) < 4.78 is 0. The highest BCUT2D eigenvalue weighted by Crippen LogP contribution is 2.08. The number of nitrogens with zero attached hydrogens (tertiary/aromatic N) is 2. The number of hydrogen-bond donors (Lipinski definition) is 2. The van der Waals surface area contributed by atoms with Crippen LogP contribution in [0.3, 0.4) is 0 Å². The van der Waals surface area contributed by atoms with Gasteiger partial charge < -0.3 is 10.6 Å². The lowest BCUT2D eigenvalue weighted by Crippen LogP contribution is -2.35. The molecule has 1 unspecified atom stereocenters. The number of hydrogen-bond acceptors (Lipinski definition) is 4. The molecule has 4 nitrogen and oxygen atoms in total. The Bertz CT molecular complexity index is 326. The molecule has 88 valence electrons. The van der Waals surface area contributed by atoms with E-state index in [4.69, 9.17) is 11.6 Å². The van der Waals surface area contributed by atoms with Crippen LogP contribution in [0.1, 0.15) is 18.5 Å². The molecule has 1 saturated heterocycles. The van der Waals surface area contributed by atoms with Crippen LogP contribution < -0.4 is 10.6 Å². The van der Waals surface area contributed by atoms with E-state index in [2.05, 4.69) is 20.6 Å². The third kappa shape index (κ3) is 3.70. The molecule has 1 atom stereocenters. The molecule has 0 aromatic carbocycles. The van der Waals surface area contributed by atoms with Gasteiger partial charge in [0.25, 0.3) is 0 Å². The molecular weight excluding hydrogens is 224 g/mol. The van der Waals surface area contributed by atoms with E-state index in [1.165, 1.54) is 12.8 Å². The van der Waals surface area contributed by atoms with Crippen molar-refractivity contribution >= 4 is 11.6 Å². The summed E-state index contributed by atoms with van der Waals surface area (Å²) in [7, 11) is 0. The van der Waals surface area contributed by atoms with Gasteiger partial charge in [-0.15, -0.1) is 0 Å². The lowest BCUT2D eigenvalue weighted by Gasteiger charge is -2.22. The minimum atomic E-state index is 0.318. The van der Waals surface area contributed by atoms with Gasteiger partial charge in [0, 0.05) is 12.7 Å². The molecule has 1 aromatic heterocycles. The Balaban J connectivity index is 1.71. The minimum Gasteiger partial charge on any atom is -0.316 e. The van der Waals surface area contributed by atoms with Crippen molar-refractivity contribution in [3.63, 3.8) is 0 Å². The van der Waals surface area contributed by atoms with E-state index in [-0.39, 0.29) is 0 Å². The lowest BCUT2D eigenvalue weighted by atomic mass is 10.00. The highest BCUT2D eigenvalue weighted by atomic mass is 35.5. The summed E-state index contributed by atoms with van der Waals surface area (Å²) in [6.45, 7) is 4.09. The number of aromatic nitrogens is 2. The minimum absolute atomic E-state index is 0.318. The van der Waals surface area contributed by atoms with Crippen LogP contribution in [-0.4, -0.2) is 29.6 Å². The second kappa shape index (κ2) is 6.13. The van der Waals surface area contributed by atoms with Gasteiger partial charge in [-0.05, 0) is 56.1 Å². The van der Waals surface area contributed by atoms with Gasteiger partial charge in [-0.3, -0.25) is 0 Å². The fraction of sp³-hybridized carbons (Fsp3) is 0.636. The molecule has 5 heteroatoms. The first-order valence-electron chi connectivity index (χ1n) is 5.73. The van der Waals surface area contributed by atoms with E-state index in [1.54, 1.807) is 6.20 Å². The van der Waals surface area contributed by atoms with Crippen molar-refractivity contribution in [3.05, 3.63) is 23.2 Å². The highest BCUT2D eigenvalue weighted by Gasteiger charge is 2.11. The molecule has 0 bridgehead atoms. The monoisotopic (exact) mass is 240 g/mol. The first kappa shape index (κ1) is 11.8. The summed E-state index contributed by atoms with van der Waals surface area (Å²) in [5.74, 6) is 0.742. The lowest BCUT2D eigenvalue weighted by molar-refractivity contribution is 0.359. The molecule has 2 rings (SSSR count). The van der Waals surface area contributed by atoms with Crippen molar-refractivity contribution in [2.24, 2.45) is 5.92 Å². The van der Waals surface area contributed by atoms with E-state index in [0.29, 0.717) is 5.28 Å². The van der Waals surface area contributed by atoms with Crippen LogP contribution in [0, 0.1) is 5.92 Å². The quantitative estimate of drug-likeness (QED) is 0.777. The number of piperidine rings is 1. The van der Waals surface area contributed by atoms with Crippen LogP contribution in [0.25, 0.3) is 0 Å². The van der Waals surface area contributed by atoms with Crippen LogP contribution in [0.4, 0.5) is 0 Å². The van der Waals surface area contributed by atoms with Crippen molar-refractivity contribution in [2.45, 2.75) is 19.4 Å². The van der Waals surface area contributed by atoms with E-state index >= 15 is 0 Å². The van der Waals surface area contributed by atoms with Crippen molar-refractivity contribution in [2.75, 3.05) is 19.6 Å². The van der Waals surface area contributed by atoms with Gasteiger partial charge in [0.2, 0.25) is 5.28 Å². The van der Waals surface area contributed by atoms with Crippen LogP contribution >= 0.6 is 11.6 Å². The summed E-state index contributed by atoms with van der Waals surface area (Å²) in [6.07, 6.45) is 4.28. The largest absolute Gasteiger partial charge is 0.316 e. The maximum atomic E-state index is 5.71. The Labute approximate surface area is 101 Å². The van der Waals surface area contributed by atoms with Gasteiger partial charge in [0.05, 0.1) is 5.69 Å². The Hall–Kier alpha value is -0.710. The third-order valence-corrected chi connectivity index (χ3v) is 3.00. The molecule has 0 spiro atoms. The van der Waals surface area contributed by atoms with Crippen molar-refractivity contribution in [1.82, 2.24) is 20.6 Å². The predicted molar refractivity (Wildman–Crippen MR) is 64.3 cm³/mol. The molecule has 1 aliphatic heterocycles. The first-order valence-corrected chi connectivity index (χ1v) is 6.11. The van der Waals surface area contributed by atoms with Crippen molar-refractivity contribution < 1.29 is 0 Å². The van der Waals surface area contributed by atoms with Gasteiger partial charge >= 0.3 is 0 Å². The van der Waals surface area contributed by atoms with Crippen molar-refractivity contribution in [3.8, 4) is 0 Å². The fourth-order valence-corrected chi connectivity index (χ4v) is 2.14. The fourth-order valence-electron chi connectivity index (χ4n) is 1.97. The summed E-state index contributed by atoms with van der Waals surface area (Å²) in [4.78, 5) is 7.99. The van der Waals surface area contributed by atoms with Crippen LogP contribution in [0.2, 0.25) is 5.28 Å². The van der Waals surface area contributed by atoms with Gasteiger partial charge in [-0.1, -0.05) is 0 Å². The van der Waals surface area contributed by atoms with E-state index in [9.17, 15) is 0 Å². The first-order chi connectivity index (χ1) is 7.84. The molecule has 0 radical (unpaired) electrons. The van der Waals surface area contributed by atoms with E-state index < -0.39 is 0 Å². The molecule has 0 amide bonds. The average molecular weight is 241 g/mol. The third-order valence-electron chi connectivity index (χ3n) is 2.82. The number of halogens is 1. The zero-order valence-corrected chi connectivity index (χ0v) is 10.0. The van der Waals surface area contributed by atoms with Gasteiger partial charge in [0.1, 0.15) is 0 Å². The van der Waals surface area contributed by atoms with Crippen LogP contribution in [0.15, 0.2) is 12.3 Å². The highest BCUT2D eigenvalue weighted by molar-refractivity contribution is 6.28. The summed E-state index contributed by atoms with van der Waals surface area (Å²) >= 11 is 5.71. The maximum absolute atomic E-state index is 5.71. The average Bonchev–Trinajstić information content (AvgIpc) is 2.30. The Kier molecular flexibility index (Phi) is 4.51. The summed E-state index contributed by atoms with van der Waals surface area (Å²) in [5, 5.41) is 7.13. The smallest absolute Gasteiger partial charge is 0.222 e. The Morgan fingerprint density at radius 3 is 3.25 bits per heavy atom. The Morgan fingerprint density at radius 1 is 1.56 bits per heavy atom. The van der Waals surface area contributed by atoms with E-state index in [1.807, 2.05) is 6.07 Å². The SMILES string of the molecule is Clc1nccc(CNCC2CCCNC2)n1. The molecular formula is C11H17ClN4. The van der Waals surface area contributed by atoms with Crippen LogP contribution in [-0.2, 0) is 6.54 Å². The van der Waals surface area contributed by atoms with Crippen molar-refractivity contribution in [1.29, 1.82) is 0 Å². The van der Waals surface area contributed by atoms with E-state index in [0.717, 1.165) is 37.8 Å². The molecule has 1 aromatic rings. The normalized spacial score (nSPS) is 20.9. The molecule has 16 heavy (non-hydrogen) atoms. The van der Waals surface area contributed by atoms with Gasteiger partial charge in [0.15, 0.2) is 0 Å². The van der Waals surface area contributed by atoms with Crippen LogP contribution in [0.5, 0.6) is 0 Å². The molecule has 1 fully saturated rings. The standard InChI is InChI=1S/C11H17ClN4/c12-11-15-5-3-10(16-11)8-14-7-9-2-1-4-13-6-9/h3,5,9,13-14H,1-2,4,6-8H2. The summed E-state index contributed by atoms with van der Waals surface area (Å²) in [5.41, 5.74) is 0.948. The second-order valence-electron chi connectivity index (χ2n) is 4.16. The molecule has 2 N–H and O–H groups in total. The topological polar surface area (TPSA) is 49.8 Å². The molecule has 2 heterocycles. The zero-order chi connectivity index (χ0) is 11.2. The van der Waals surface area contributed by atoms with Gasteiger partial charge in [-0.2, -0.15) is 0 Å². The second-order valence-corrected chi connectivity index (χ2v) is 4.50. The van der Waals surface area contributed by atoms with Gasteiger partial charge in [-0.25, -0.2) is 9.97 Å². The Morgan fingerprint density at radius 2 is 2.50 bits per heavy atom. The molecule has 0 aliphatic carbocycles. The molecule has 1 aliphatic rings. The predicted octanol–water partition coefficient (Wildman–Crippen LogP) is 1.22. The molecule has 0 saturated carbocycles.